The molecule has 4 aromatic carbocycles. The predicted octanol–water partition coefficient (Wildman–Crippen LogP) is 4.88. The lowest BCUT2D eigenvalue weighted by Gasteiger charge is -2.10. The number of nitrogens with zero attached hydrogens (tertiary/aromatic N) is 1. The van der Waals surface area contributed by atoms with E-state index in [1.807, 2.05) is 0 Å². The Labute approximate surface area is 302 Å². The summed E-state index contributed by atoms with van der Waals surface area (Å²) in [7, 11) is 0. The Morgan fingerprint density at radius 3 is 0.889 bits per heavy atom. The van der Waals surface area contributed by atoms with Gasteiger partial charge in [-0.15, -0.1) is 0 Å². The van der Waals surface area contributed by atoms with Gasteiger partial charge in [0, 0.05) is 46.3 Å². The summed E-state index contributed by atoms with van der Waals surface area (Å²) in [5.41, 5.74) is -0.631. The van der Waals surface area contributed by atoms with Crippen LogP contribution in [0.5, 0.6) is 0 Å². The normalized spacial score (nSPS) is 10.4. The van der Waals surface area contributed by atoms with Crippen LogP contribution in [0.25, 0.3) is 0 Å². The van der Waals surface area contributed by atoms with Crippen LogP contribution in [0.15, 0.2) is 103 Å². The molecule has 4 amide bonds. The topological polar surface area (TPSA) is 278 Å². The first kappa shape index (κ1) is 37.1. The molecule has 0 bridgehead atoms. The molecule has 8 N–H and O–H groups in total. The van der Waals surface area contributed by atoms with Crippen LogP contribution < -0.4 is 21.3 Å². The van der Waals surface area contributed by atoms with E-state index in [0.717, 1.165) is 36.4 Å². The summed E-state index contributed by atoms with van der Waals surface area (Å²) in [5.74, 6) is -8.14. The van der Waals surface area contributed by atoms with Gasteiger partial charge in [-0.1, -0.05) is 0 Å². The largest absolute Gasteiger partial charge is 0.478 e. The maximum atomic E-state index is 13.0. The van der Waals surface area contributed by atoms with E-state index in [2.05, 4.69) is 26.3 Å². The Balaban J connectivity index is 1.19. The SMILES string of the molecule is O=C(O)c1cc(NC(=O)c2ccc(NC(=O)c3cncc(C(=O)Nc4ccc(C(=O)Nc5cc(C(=O)O)cc(C(=O)O)c5)cc4)c3)cc2)cc(C(=O)O)c1. The van der Waals surface area contributed by atoms with Crippen molar-refractivity contribution in [2.24, 2.45) is 0 Å². The fourth-order valence-corrected chi connectivity index (χ4v) is 4.80. The van der Waals surface area contributed by atoms with Crippen molar-refractivity contribution in [1.29, 1.82) is 0 Å². The smallest absolute Gasteiger partial charge is 0.335 e. The number of carboxylic acid groups (broad SMARTS) is 4. The van der Waals surface area contributed by atoms with Crippen LogP contribution in [0, 0.1) is 0 Å². The van der Waals surface area contributed by atoms with Crippen molar-refractivity contribution in [3.63, 3.8) is 0 Å². The molecule has 0 saturated carbocycles. The van der Waals surface area contributed by atoms with Crippen molar-refractivity contribution in [3.8, 4) is 0 Å². The molecule has 5 aromatic rings. The highest BCUT2D eigenvalue weighted by Gasteiger charge is 2.17. The Kier molecular flexibility index (Phi) is 10.8. The maximum absolute atomic E-state index is 13.0. The van der Waals surface area contributed by atoms with E-state index in [1.165, 1.54) is 67.0 Å². The minimum atomic E-state index is -1.38. The number of rotatable bonds is 12. The van der Waals surface area contributed by atoms with Crippen molar-refractivity contribution in [2.75, 3.05) is 21.3 Å². The number of carbonyl (C=O) groups is 8. The van der Waals surface area contributed by atoms with Gasteiger partial charge in [0.05, 0.1) is 33.4 Å². The van der Waals surface area contributed by atoms with Gasteiger partial charge in [0.15, 0.2) is 0 Å². The highest BCUT2D eigenvalue weighted by Crippen LogP contribution is 2.20. The van der Waals surface area contributed by atoms with Gasteiger partial charge in [0.2, 0.25) is 0 Å². The molecule has 1 aromatic heterocycles. The molecule has 17 heteroatoms. The minimum Gasteiger partial charge on any atom is -0.478 e. The third-order valence-electron chi connectivity index (χ3n) is 7.44. The highest BCUT2D eigenvalue weighted by atomic mass is 16.4. The summed E-state index contributed by atoms with van der Waals surface area (Å²) >= 11 is 0. The molecule has 5 rings (SSSR count). The van der Waals surface area contributed by atoms with Crippen LogP contribution in [0.1, 0.15) is 82.9 Å². The summed E-state index contributed by atoms with van der Waals surface area (Å²) < 4.78 is 0. The number of hydrogen-bond donors (Lipinski definition) is 8. The lowest BCUT2D eigenvalue weighted by Crippen LogP contribution is -2.17. The monoisotopic (exact) mass is 731 g/mol. The molecule has 1 heterocycles. The fraction of sp³-hybridized carbons (Fsp3) is 0. The number of amides is 4. The van der Waals surface area contributed by atoms with E-state index in [-0.39, 0.29) is 67.3 Å². The van der Waals surface area contributed by atoms with Gasteiger partial charge < -0.3 is 41.7 Å². The summed E-state index contributed by atoms with van der Waals surface area (Å²) in [6.45, 7) is 0. The highest BCUT2D eigenvalue weighted by molar-refractivity contribution is 6.10. The zero-order chi connectivity index (χ0) is 39.1. The van der Waals surface area contributed by atoms with Gasteiger partial charge in [-0.2, -0.15) is 0 Å². The standard InChI is InChI=1S/C37H25N5O12/c43-30(41-28-12-20(34(47)48)9-21(13-28)35(49)50)18-1-5-26(6-2-18)39-32(45)24-11-25(17-38-16-24)33(46)40-27-7-3-19(4-8-27)31(44)42-29-14-22(36(51)52)10-23(15-29)37(53)54/h1-17H,(H,39,45)(H,40,46)(H,41,43)(H,42,44)(H,47,48)(H,49,50)(H,51,52)(H,53,54). The second-order valence-corrected chi connectivity index (χ2v) is 11.3. The number of pyridine rings is 1. The lowest BCUT2D eigenvalue weighted by molar-refractivity contribution is 0.0676. The van der Waals surface area contributed by atoms with E-state index in [1.54, 1.807) is 0 Å². The molecule has 0 atom stereocenters. The molecule has 54 heavy (non-hydrogen) atoms. The lowest BCUT2D eigenvalue weighted by atomic mass is 10.1. The molecule has 0 saturated heterocycles. The van der Waals surface area contributed by atoms with Crippen molar-refractivity contribution in [1.82, 2.24) is 4.98 Å². The first-order valence-electron chi connectivity index (χ1n) is 15.3. The van der Waals surface area contributed by atoms with Crippen LogP contribution in [0.3, 0.4) is 0 Å². The predicted molar refractivity (Wildman–Crippen MR) is 190 cm³/mol. The van der Waals surface area contributed by atoms with Gasteiger partial charge in [-0.05, 0) is 91.0 Å². The Bertz CT molecular complexity index is 2150. The average molecular weight is 732 g/mol. The molecule has 0 aliphatic carbocycles. The number of anilines is 4. The number of aromatic carboxylic acids is 4. The van der Waals surface area contributed by atoms with Gasteiger partial charge in [-0.25, -0.2) is 19.2 Å². The number of nitrogens with one attached hydrogen (secondary N) is 4. The zero-order valence-corrected chi connectivity index (χ0v) is 27.3. The van der Waals surface area contributed by atoms with Crippen LogP contribution in [-0.2, 0) is 0 Å². The minimum absolute atomic E-state index is 0.0158. The van der Waals surface area contributed by atoms with E-state index in [0.29, 0.717) is 0 Å². The summed E-state index contributed by atoms with van der Waals surface area (Å²) in [6, 6.07) is 18.8. The molecule has 17 nitrogen and oxygen atoms in total. The average Bonchev–Trinajstić information content (AvgIpc) is 3.15. The molecule has 0 fully saturated rings. The van der Waals surface area contributed by atoms with E-state index < -0.39 is 47.5 Å². The summed E-state index contributed by atoms with van der Waals surface area (Å²) in [4.78, 5) is 101. The van der Waals surface area contributed by atoms with E-state index in [9.17, 15) is 58.8 Å². The maximum Gasteiger partial charge on any atom is 0.335 e. The number of carbonyl (C=O) groups excluding carboxylic acids is 4. The molecule has 0 unspecified atom stereocenters. The van der Waals surface area contributed by atoms with Gasteiger partial charge in [-0.3, -0.25) is 24.2 Å². The molecule has 0 aliphatic heterocycles. The first-order valence-corrected chi connectivity index (χ1v) is 15.3. The third kappa shape index (κ3) is 9.11. The van der Waals surface area contributed by atoms with Gasteiger partial charge in [0.25, 0.3) is 23.6 Å². The first-order chi connectivity index (χ1) is 25.7. The third-order valence-corrected chi connectivity index (χ3v) is 7.44. The second kappa shape index (κ2) is 15.8. The van der Waals surface area contributed by atoms with Crippen molar-refractivity contribution in [3.05, 3.63) is 148 Å². The van der Waals surface area contributed by atoms with Gasteiger partial charge >= 0.3 is 23.9 Å². The Hall–Kier alpha value is -8.21. The number of aromatic nitrogens is 1. The van der Waals surface area contributed by atoms with Crippen molar-refractivity contribution < 1.29 is 58.8 Å². The number of hydrogen-bond acceptors (Lipinski definition) is 9. The van der Waals surface area contributed by atoms with Crippen LogP contribution >= 0.6 is 0 Å². The van der Waals surface area contributed by atoms with Crippen LogP contribution in [0.4, 0.5) is 22.7 Å². The molecular weight excluding hydrogens is 706 g/mol. The van der Waals surface area contributed by atoms with Crippen LogP contribution in [0.2, 0.25) is 0 Å². The number of carboxylic acids is 4. The number of benzene rings is 4. The fourth-order valence-electron chi connectivity index (χ4n) is 4.80. The Morgan fingerprint density at radius 2 is 0.593 bits per heavy atom. The molecule has 0 aliphatic rings. The second-order valence-electron chi connectivity index (χ2n) is 11.3. The van der Waals surface area contributed by atoms with E-state index in [4.69, 9.17) is 0 Å². The molecule has 0 spiro atoms. The van der Waals surface area contributed by atoms with E-state index >= 15 is 0 Å². The summed E-state index contributed by atoms with van der Waals surface area (Å²) in [5, 5.41) is 47.1. The quantitative estimate of drug-likeness (QED) is 0.0850. The molecule has 0 radical (unpaired) electrons. The van der Waals surface area contributed by atoms with Crippen LogP contribution in [-0.4, -0.2) is 72.9 Å². The molecule has 270 valence electrons. The van der Waals surface area contributed by atoms with Gasteiger partial charge in [0.1, 0.15) is 0 Å². The van der Waals surface area contributed by atoms with Crippen molar-refractivity contribution >= 4 is 70.3 Å². The van der Waals surface area contributed by atoms with Crippen molar-refractivity contribution in [2.45, 2.75) is 0 Å². The zero-order valence-electron chi connectivity index (χ0n) is 27.3. The molecular formula is C37H25N5O12. The Morgan fingerprint density at radius 1 is 0.333 bits per heavy atom. The summed E-state index contributed by atoms with van der Waals surface area (Å²) in [6.07, 6.45) is 2.45.